The van der Waals surface area contributed by atoms with Crippen molar-refractivity contribution in [3.05, 3.63) is 0 Å². The molecule has 0 unspecified atom stereocenters. The zero-order valence-electron chi connectivity index (χ0n) is 10.5. The summed E-state index contributed by atoms with van der Waals surface area (Å²) in [5.74, 6) is -0.0739. The molecule has 7 heteroatoms. The van der Waals surface area contributed by atoms with Crippen LogP contribution in [0.2, 0.25) is 0 Å². The monoisotopic (exact) mass is 258 g/mol. The quantitative estimate of drug-likeness (QED) is 0.436. The van der Waals surface area contributed by atoms with Crippen LogP contribution in [0.5, 0.6) is 0 Å². The van der Waals surface area contributed by atoms with Gasteiger partial charge in [-0.3, -0.25) is 4.79 Å². The summed E-state index contributed by atoms with van der Waals surface area (Å²) in [7, 11) is 0. The fraction of sp³-hybridized carbons (Fsp3) is 0.818. The van der Waals surface area contributed by atoms with E-state index in [1.807, 2.05) is 0 Å². The van der Waals surface area contributed by atoms with Crippen molar-refractivity contribution in [2.24, 2.45) is 5.73 Å². The summed E-state index contributed by atoms with van der Waals surface area (Å²) in [5.41, 5.74) is 4.88. The number of hydrogen-bond acceptors (Lipinski definition) is 4. The number of carbonyl (C=O) groups excluding carboxylic acids is 2. The molecule has 0 aliphatic carbocycles. The molecule has 0 bridgehead atoms. The molecule has 0 radical (unpaired) electrons. The molecule has 0 aromatic rings. The largest absolute Gasteiger partial charge is 0.378 e. The maximum absolute atomic E-state index is 11.4. The molecule has 1 saturated heterocycles. The van der Waals surface area contributed by atoms with Crippen LogP contribution in [0.15, 0.2) is 0 Å². The Labute approximate surface area is 107 Å². The molecule has 7 nitrogen and oxygen atoms in total. The second-order valence-electron chi connectivity index (χ2n) is 4.21. The smallest absolute Gasteiger partial charge is 0.312 e. The summed E-state index contributed by atoms with van der Waals surface area (Å²) in [6.45, 7) is 3.14. The molecule has 1 aliphatic heterocycles. The first kappa shape index (κ1) is 14.7. The van der Waals surface area contributed by atoms with Crippen molar-refractivity contribution in [3.8, 4) is 0 Å². The summed E-state index contributed by atoms with van der Waals surface area (Å²) in [6.07, 6.45) is 2.63. The van der Waals surface area contributed by atoms with E-state index in [1.54, 1.807) is 0 Å². The van der Waals surface area contributed by atoms with E-state index in [1.165, 1.54) is 0 Å². The number of rotatable bonds is 7. The summed E-state index contributed by atoms with van der Waals surface area (Å²) >= 11 is 0. The summed E-state index contributed by atoms with van der Waals surface area (Å²) in [6, 6.07) is -0.585. The summed E-state index contributed by atoms with van der Waals surface area (Å²) < 4.78 is 5.61. The SMILES string of the molecule is NC(=O)NCCNC(=O)CCOC1CCNCC1. The zero-order valence-corrected chi connectivity index (χ0v) is 10.5. The fourth-order valence-electron chi connectivity index (χ4n) is 1.76. The Kier molecular flexibility index (Phi) is 7.12. The average Bonchev–Trinajstić information content (AvgIpc) is 2.36. The lowest BCUT2D eigenvalue weighted by Gasteiger charge is -2.22. The number of nitrogens with one attached hydrogen (secondary N) is 3. The highest BCUT2D eigenvalue weighted by molar-refractivity contribution is 5.76. The van der Waals surface area contributed by atoms with Crippen LogP contribution >= 0.6 is 0 Å². The van der Waals surface area contributed by atoms with E-state index in [4.69, 9.17) is 10.5 Å². The van der Waals surface area contributed by atoms with Crippen molar-refractivity contribution in [1.29, 1.82) is 0 Å². The molecule has 0 aromatic heterocycles. The van der Waals surface area contributed by atoms with E-state index >= 15 is 0 Å². The van der Waals surface area contributed by atoms with Crippen molar-refractivity contribution in [3.63, 3.8) is 0 Å². The Balaban J connectivity index is 1.94. The van der Waals surface area contributed by atoms with E-state index < -0.39 is 6.03 Å². The fourth-order valence-corrected chi connectivity index (χ4v) is 1.76. The molecule has 0 atom stereocenters. The lowest BCUT2D eigenvalue weighted by Crippen LogP contribution is -2.37. The number of amides is 3. The van der Waals surface area contributed by atoms with Gasteiger partial charge in [0.1, 0.15) is 0 Å². The maximum atomic E-state index is 11.4. The van der Waals surface area contributed by atoms with E-state index in [0.717, 1.165) is 25.9 Å². The van der Waals surface area contributed by atoms with Gasteiger partial charge in [0.25, 0.3) is 0 Å². The molecule has 0 aromatic carbocycles. The molecular formula is C11H22N4O3. The van der Waals surface area contributed by atoms with Crippen LogP contribution in [-0.2, 0) is 9.53 Å². The second kappa shape index (κ2) is 8.71. The maximum Gasteiger partial charge on any atom is 0.312 e. The first-order chi connectivity index (χ1) is 8.68. The highest BCUT2D eigenvalue weighted by Gasteiger charge is 2.13. The van der Waals surface area contributed by atoms with E-state index in [0.29, 0.717) is 26.1 Å². The molecule has 1 aliphatic rings. The topological polar surface area (TPSA) is 105 Å². The van der Waals surface area contributed by atoms with Gasteiger partial charge in [0, 0.05) is 19.5 Å². The number of piperidine rings is 1. The molecule has 104 valence electrons. The van der Waals surface area contributed by atoms with Gasteiger partial charge < -0.3 is 26.4 Å². The first-order valence-electron chi connectivity index (χ1n) is 6.31. The predicted molar refractivity (Wildman–Crippen MR) is 67.1 cm³/mol. The molecule has 3 amide bonds. The van der Waals surface area contributed by atoms with E-state index in [2.05, 4.69) is 16.0 Å². The van der Waals surface area contributed by atoms with Gasteiger partial charge in [-0.15, -0.1) is 0 Å². The van der Waals surface area contributed by atoms with Gasteiger partial charge in [-0.1, -0.05) is 0 Å². The van der Waals surface area contributed by atoms with Crippen molar-refractivity contribution in [2.45, 2.75) is 25.4 Å². The van der Waals surface area contributed by atoms with Gasteiger partial charge in [0.2, 0.25) is 5.91 Å². The van der Waals surface area contributed by atoms with Crippen molar-refractivity contribution < 1.29 is 14.3 Å². The Morgan fingerprint density at radius 1 is 1.22 bits per heavy atom. The Morgan fingerprint density at radius 2 is 1.89 bits per heavy atom. The standard InChI is InChI=1S/C11H22N4O3/c12-11(17)15-7-6-14-10(16)3-8-18-9-1-4-13-5-2-9/h9,13H,1-8H2,(H,14,16)(H3,12,15,17). The van der Waals surface area contributed by atoms with Crippen LogP contribution < -0.4 is 21.7 Å². The Morgan fingerprint density at radius 3 is 2.56 bits per heavy atom. The summed E-state index contributed by atoms with van der Waals surface area (Å²) in [5, 5.41) is 8.32. The number of nitrogens with two attached hydrogens (primary N) is 1. The van der Waals surface area contributed by atoms with Gasteiger partial charge in [-0.05, 0) is 25.9 Å². The first-order valence-corrected chi connectivity index (χ1v) is 6.31. The van der Waals surface area contributed by atoms with Gasteiger partial charge in [-0.25, -0.2) is 4.79 Å². The molecule has 18 heavy (non-hydrogen) atoms. The van der Waals surface area contributed by atoms with Gasteiger partial charge in [-0.2, -0.15) is 0 Å². The molecular weight excluding hydrogens is 236 g/mol. The lowest BCUT2D eigenvalue weighted by atomic mass is 10.1. The third-order valence-electron chi connectivity index (χ3n) is 2.72. The molecule has 5 N–H and O–H groups in total. The van der Waals surface area contributed by atoms with Crippen LogP contribution in [-0.4, -0.2) is 50.8 Å². The van der Waals surface area contributed by atoms with Crippen LogP contribution in [0.3, 0.4) is 0 Å². The normalized spacial score (nSPS) is 16.2. The Hall–Kier alpha value is -1.34. The molecule has 1 heterocycles. The van der Waals surface area contributed by atoms with Crippen molar-refractivity contribution >= 4 is 11.9 Å². The third kappa shape index (κ3) is 7.08. The van der Waals surface area contributed by atoms with Crippen LogP contribution in [0, 0.1) is 0 Å². The summed E-state index contributed by atoms with van der Waals surface area (Å²) in [4.78, 5) is 21.7. The molecule has 0 spiro atoms. The third-order valence-corrected chi connectivity index (χ3v) is 2.72. The number of carbonyl (C=O) groups is 2. The number of hydrogen-bond donors (Lipinski definition) is 4. The zero-order chi connectivity index (χ0) is 13.2. The van der Waals surface area contributed by atoms with E-state index in [9.17, 15) is 9.59 Å². The molecule has 1 fully saturated rings. The van der Waals surface area contributed by atoms with Crippen LogP contribution in [0.4, 0.5) is 4.79 Å². The minimum Gasteiger partial charge on any atom is -0.378 e. The van der Waals surface area contributed by atoms with Gasteiger partial charge >= 0.3 is 6.03 Å². The van der Waals surface area contributed by atoms with Crippen molar-refractivity contribution in [1.82, 2.24) is 16.0 Å². The van der Waals surface area contributed by atoms with Crippen LogP contribution in [0.1, 0.15) is 19.3 Å². The lowest BCUT2D eigenvalue weighted by molar-refractivity contribution is -0.122. The number of primary amides is 1. The number of ether oxygens (including phenoxy) is 1. The van der Waals surface area contributed by atoms with Gasteiger partial charge in [0.05, 0.1) is 12.7 Å². The number of urea groups is 1. The average molecular weight is 258 g/mol. The highest BCUT2D eigenvalue weighted by Crippen LogP contribution is 2.07. The van der Waals surface area contributed by atoms with Gasteiger partial charge in [0.15, 0.2) is 0 Å². The minimum atomic E-state index is -0.585. The van der Waals surface area contributed by atoms with Crippen molar-refractivity contribution in [2.75, 3.05) is 32.8 Å². The van der Waals surface area contributed by atoms with Crippen LogP contribution in [0.25, 0.3) is 0 Å². The van der Waals surface area contributed by atoms with E-state index in [-0.39, 0.29) is 12.0 Å². The second-order valence-corrected chi connectivity index (χ2v) is 4.21. The Bertz CT molecular complexity index is 267. The molecule has 0 saturated carbocycles. The minimum absolute atomic E-state index is 0.0739. The highest BCUT2D eigenvalue weighted by atomic mass is 16.5. The predicted octanol–water partition coefficient (Wildman–Crippen LogP) is -1.07. The molecule has 1 rings (SSSR count).